The molecular formula is C16H19N5S. The van der Waals surface area contributed by atoms with Gasteiger partial charge in [0.05, 0.1) is 5.39 Å². The van der Waals surface area contributed by atoms with Gasteiger partial charge in [-0.15, -0.1) is 11.3 Å². The molecule has 0 aliphatic carbocycles. The minimum Gasteiger partial charge on any atom is -0.355 e. The van der Waals surface area contributed by atoms with Crippen molar-refractivity contribution in [1.29, 1.82) is 0 Å². The summed E-state index contributed by atoms with van der Waals surface area (Å²) in [6.07, 6.45) is 6.98. The number of thiophene rings is 1. The van der Waals surface area contributed by atoms with E-state index in [9.17, 15) is 0 Å². The molecule has 3 aromatic heterocycles. The van der Waals surface area contributed by atoms with Crippen molar-refractivity contribution < 1.29 is 0 Å². The van der Waals surface area contributed by atoms with E-state index in [-0.39, 0.29) is 0 Å². The number of H-pyrrole nitrogens is 1. The van der Waals surface area contributed by atoms with Crippen LogP contribution >= 0.6 is 11.3 Å². The average molecular weight is 313 g/mol. The standard InChI is InChI=1S/C16H19N5S/c1-2-12-8-13-15(17-10-18-16(13)22-12)21-7-3-4-11(9-21)14-5-6-19-20-14/h5-6,8,10-11H,2-4,7,9H2,1H3,(H,19,20)/t11-/m0/s1. The first-order valence-electron chi connectivity index (χ1n) is 7.82. The second kappa shape index (κ2) is 5.68. The van der Waals surface area contributed by atoms with Gasteiger partial charge in [-0.05, 0) is 31.4 Å². The average Bonchev–Trinajstić information content (AvgIpc) is 3.23. The number of hydrogen-bond donors (Lipinski definition) is 1. The van der Waals surface area contributed by atoms with Gasteiger partial charge in [0, 0.05) is 35.8 Å². The quantitative estimate of drug-likeness (QED) is 0.805. The van der Waals surface area contributed by atoms with Crippen molar-refractivity contribution >= 4 is 27.4 Å². The number of aromatic amines is 1. The van der Waals surface area contributed by atoms with Crippen LogP contribution in [0.1, 0.15) is 36.3 Å². The van der Waals surface area contributed by atoms with Crippen LogP contribution in [0.2, 0.25) is 0 Å². The number of fused-ring (bicyclic) bond motifs is 1. The maximum absolute atomic E-state index is 4.59. The summed E-state index contributed by atoms with van der Waals surface area (Å²) < 4.78 is 0. The Hall–Kier alpha value is -1.95. The van der Waals surface area contributed by atoms with Crippen molar-refractivity contribution in [3.8, 4) is 0 Å². The Morgan fingerprint density at radius 1 is 1.41 bits per heavy atom. The third-order valence-corrected chi connectivity index (χ3v) is 5.58. The molecule has 0 unspecified atom stereocenters. The van der Waals surface area contributed by atoms with Gasteiger partial charge in [-0.25, -0.2) is 9.97 Å². The Labute approximate surface area is 133 Å². The molecule has 0 spiro atoms. The Bertz CT molecular complexity index is 764. The Balaban J connectivity index is 1.67. The maximum atomic E-state index is 4.59. The molecule has 0 aromatic carbocycles. The molecule has 0 radical (unpaired) electrons. The summed E-state index contributed by atoms with van der Waals surface area (Å²) in [5, 5.41) is 8.42. The zero-order chi connectivity index (χ0) is 14.9. The summed E-state index contributed by atoms with van der Waals surface area (Å²) >= 11 is 1.78. The fourth-order valence-electron chi connectivity index (χ4n) is 3.24. The van der Waals surface area contributed by atoms with Crippen LogP contribution in [-0.4, -0.2) is 33.3 Å². The van der Waals surface area contributed by atoms with E-state index in [1.54, 1.807) is 17.7 Å². The molecular weight excluding hydrogens is 294 g/mol. The van der Waals surface area contributed by atoms with Crippen LogP contribution in [0.25, 0.3) is 10.2 Å². The Morgan fingerprint density at radius 3 is 3.18 bits per heavy atom. The number of nitrogens with one attached hydrogen (secondary N) is 1. The highest BCUT2D eigenvalue weighted by atomic mass is 32.1. The fourth-order valence-corrected chi connectivity index (χ4v) is 4.17. The topological polar surface area (TPSA) is 57.7 Å². The lowest BCUT2D eigenvalue weighted by atomic mass is 9.95. The smallest absolute Gasteiger partial charge is 0.140 e. The third kappa shape index (κ3) is 2.37. The SMILES string of the molecule is CCc1cc2c(N3CCC[C@H](c4ccn[nH]4)C3)ncnc2s1. The number of hydrogen-bond acceptors (Lipinski definition) is 5. The molecule has 4 rings (SSSR count). The lowest BCUT2D eigenvalue weighted by Gasteiger charge is -2.33. The summed E-state index contributed by atoms with van der Waals surface area (Å²) in [6.45, 7) is 4.24. The summed E-state index contributed by atoms with van der Waals surface area (Å²) in [5.74, 6) is 1.59. The highest BCUT2D eigenvalue weighted by Crippen LogP contribution is 2.34. The van der Waals surface area contributed by atoms with Crippen molar-refractivity contribution in [3.05, 3.63) is 35.2 Å². The zero-order valence-electron chi connectivity index (χ0n) is 12.6. The molecule has 3 aromatic rings. The second-order valence-corrected chi connectivity index (χ2v) is 6.89. The first kappa shape index (κ1) is 13.7. The summed E-state index contributed by atoms with van der Waals surface area (Å²) in [4.78, 5) is 13.9. The monoisotopic (exact) mass is 313 g/mol. The van der Waals surface area contributed by atoms with E-state index in [4.69, 9.17) is 0 Å². The van der Waals surface area contributed by atoms with Gasteiger partial charge in [-0.1, -0.05) is 6.92 Å². The Morgan fingerprint density at radius 2 is 2.36 bits per heavy atom. The fraction of sp³-hybridized carbons (Fsp3) is 0.438. The largest absolute Gasteiger partial charge is 0.355 e. The molecule has 1 aliphatic heterocycles. The van der Waals surface area contributed by atoms with E-state index < -0.39 is 0 Å². The molecule has 114 valence electrons. The lowest BCUT2D eigenvalue weighted by molar-refractivity contribution is 0.499. The van der Waals surface area contributed by atoms with Crippen LogP contribution in [0.5, 0.6) is 0 Å². The van der Waals surface area contributed by atoms with Crippen molar-refractivity contribution in [2.75, 3.05) is 18.0 Å². The van der Waals surface area contributed by atoms with E-state index >= 15 is 0 Å². The molecule has 6 heteroatoms. The maximum Gasteiger partial charge on any atom is 0.140 e. The van der Waals surface area contributed by atoms with Crippen molar-refractivity contribution in [2.45, 2.75) is 32.1 Å². The first-order chi connectivity index (χ1) is 10.8. The van der Waals surface area contributed by atoms with Crippen LogP contribution in [0.15, 0.2) is 24.7 Å². The number of piperidine rings is 1. The van der Waals surface area contributed by atoms with Crippen LogP contribution in [-0.2, 0) is 6.42 Å². The predicted molar refractivity (Wildman–Crippen MR) is 89.6 cm³/mol. The Kier molecular flexibility index (Phi) is 3.54. The van der Waals surface area contributed by atoms with E-state index in [0.717, 1.165) is 30.2 Å². The first-order valence-corrected chi connectivity index (χ1v) is 8.64. The van der Waals surface area contributed by atoms with Crippen LogP contribution < -0.4 is 4.90 Å². The van der Waals surface area contributed by atoms with E-state index in [1.807, 2.05) is 6.20 Å². The van der Waals surface area contributed by atoms with Gasteiger partial charge in [-0.2, -0.15) is 5.10 Å². The molecule has 1 aliphatic rings. The molecule has 5 nitrogen and oxygen atoms in total. The van der Waals surface area contributed by atoms with Crippen LogP contribution in [0.3, 0.4) is 0 Å². The number of rotatable bonds is 3. The third-order valence-electron chi connectivity index (χ3n) is 4.39. The highest BCUT2D eigenvalue weighted by molar-refractivity contribution is 7.18. The van der Waals surface area contributed by atoms with Gasteiger partial charge in [0.1, 0.15) is 17.0 Å². The number of aryl methyl sites for hydroxylation is 1. The van der Waals surface area contributed by atoms with Crippen molar-refractivity contribution in [2.24, 2.45) is 0 Å². The van der Waals surface area contributed by atoms with Gasteiger partial charge in [0.25, 0.3) is 0 Å². The lowest BCUT2D eigenvalue weighted by Crippen LogP contribution is -2.35. The molecule has 4 heterocycles. The molecule has 1 atom stereocenters. The molecule has 0 bridgehead atoms. The van der Waals surface area contributed by atoms with E-state index in [2.05, 4.69) is 44.1 Å². The number of anilines is 1. The second-order valence-electron chi connectivity index (χ2n) is 5.78. The van der Waals surface area contributed by atoms with Crippen molar-refractivity contribution in [3.63, 3.8) is 0 Å². The van der Waals surface area contributed by atoms with Crippen LogP contribution in [0, 0.1) is 0 Å². The van der Waals surface area contributed by atoms with Gasteiger partial charge in [0.2, 0.25) is 0 Å². The molecule has 22 heavy (non-hydrogen) atoms. The van der Waals surface area contributed by atoms with E-state index in [0.29, 0.717) is 5.92 Å². The van der Waals surface area contributed by atoms with Gasteiger partial charge >= 0.3 is 0 Å². The summed E-state index contributed by atoms with van der Waals surface area (Å²) in [7, 11) is 0. The van der Waals surface area contributed by atoms with Gasteiger partial charge in [0.15, 0.2) is 0 Å². The predicted octanol–water partition coefficient (Wildman–Crippen LogP) is 3.36. The summed E-state index contributed by atoms with van der Waals surface area (Å²) in [6, 6.07) is 4.35. The van der Waals surface area contributed by atoms with Gasteiger partial charge < -0.3 is 4.90 Å². The zero-order valence-corrected chi connectivity index (χ0v) is 13.4. The van der Waals surface area contributed by atoms with E-state index in [1.165, 1.54) is 28.8 Å². The minimum absolute atomic E-state index is 0.505. The highest BCUT2D eigenvalue weighted by Gasteiger charge is 2.24. The molecule has 1 saturated heterocycles. The summed E-state index contributed by atoms with van der Waals surface area (Å²) in [5.41, 5.74) is 1.23. The van der Waals surface area contributed by atoms with Crippen LogP contribution in [0.4, 0.5) is 5.82 Å². The minimum atomic E-state index is 0.505. The number of aromatic nitrogens is 4. The molecule has 0 amide bonds. The molecule has 1 N–H and O–H groups in total. The normalized spacial score (nSPS) is 19.0. The number of nitrogens with zero attached hydrogens (tertiary/aromatic N) is 4. The van der Waals surface area contributed by atoms with Crippen molar-refractivity contribution in [1.82, 2.24) is 20.2 Å². The molecule has 0 saturated carbocycles. The van der Waals surface area contributed by atoms with Gasteiger partial charge in [-0.3, -0.25) is 5.10 Å². The molecule has 1 fully saturated rings.